The van der Waals surface area contributed by atoms with Crippen LogP contribution in [0.25, 0.3) is 0 Å². The molecule has 1 amide bonds. The fourth-order valence-corrected chi connectivity index (χ4v) is 2.35. The molecule has 86 valence electrons. The van der Waals surface area contributed by atoms with Gasteiger partial charge in [-0.15, -0.1) is 11.3 Å². The van der Waals surface area contributed by atoms with Crippen molar-refractivity contribution < 1.29 is 14.7 Å². The largest absolute Gasteiger partial charge is 0.480 e. The third kappa shape index (κ3) is 1.80. The van der Waals surface area contributed by atoms with Gasteiger partial charge < -0.3 is 10.4 Å². The molecule has 1 saturated carbocycles. The Balaban J connectivity index is 2.15. The second-order valence-electron chi connectivity index (χ2n) is 3.99. The maximum atomic E-state index is 11.8. The Kier molecular flexibility index (Phi) is 2.46. The fraction of sp³-hybridized carbons (Fsp3) is 0.500. The van der Waals surface area contributed by atoms with Gasteiger partial charge in [0.15, 0.2) is 0 Å². The number of carbonyl (C=O) groups excluding carboxylic acids is 1. The molecule has 1 aliphatic rings. The first-order valence-electron chi connectivity index (χ1n) is 4.94. The van der Waals surface area contributed by atoms with E-state index in [0.29, 0.717) is 23.4 Å². The zero-order valence-corrected chi connectivity index (χ0v) is 9.85. The quantitative estimate of drug-likeness (QED) is 0.829. The van der Waals surface area contributed by atoms with Crippen LogP contribution in [0.3, 0.4) is 0 Å². The first kappa shape index (κ1) is 11.1. The van der Waals surface area contributed by atoms with Gasteiger partial charge in [0.25, 0.3) is 5.91 Å². The Morgan fingerprint density at radius 3 is 2.44 bits per heavy atom. The molecule has 0 spiro atoms. The number of hydrogen-bond donors (Lipinski definition) is 2. The van der Waals surface area contributed by atoms with Crippen LogP contribution in [0, 0.1) is 13.8 Å². The summed E-state index contributed by atoms with van der Waals surface area (Å²) in [5.74, 6) is -1.29. The molecule has 1 fully saturated rings. The molecule has 1 aliphatic carbocycles. The molecule has 2 N–H and O–H groups in total. The van der Waals surface area contributed by atoms with E-state index in [2.05, 4.69) is 10.3 Å². The molecule has 1 heterocycles. The third-order valence-electron chi connectivity index (χ3n) is 2.62. The second kappa shape index (κ2) is 3.55. The molecule has 0 aromatic carbocycles. The maximum Gasteiger partial charge on any atom is 0.329 e. The van der Waals surface area contributed by atoms with Crippen molar-refractivity contribution in [3.8, 4) is 0 Å². The summed E-state index contributed by atoms with van der Waals surface area (Å²) in [6.07, 6.45) is 1.01. The van der Waals surface area contributed by atoms with Gasteiger partial charge >= 0.3 is 5.97 Å². The van der Waals surface area contributed by atoms with Crippen molar-refractivity contribution in [3.05, 3.63) is 15.6 Å². The van der Waals surface area contributed by atoms with E-state index < -0.39 is 11.5 Å². The predicted octanol–water partition coefficient (Wildman–Crippen LogP) is 1.11. The van der Waals surface area contributed by atoms with E-state index in [4.69, 9.17) is 5.11 Å². The number of nitrogens with zero attached hydrogens (tertiary/aromatic N) is 1. The summed E-state index contributed by atoms with van der Waals surface area (Å²) in [5, 5.41) is 12.3. The number of hydrogen-bond acceptors (Lipinski definition) is 4. The van der Waals surface area contributed by atoms with Crippen LogP contribution in [0.5, 0.6) is 0 Å². The van der Waals surface area contributed by atoms with E-state index in [0.717, 1.165) is 5.01 Å². The molecule has 0 saturated heterocycles. The molecule has 0 unspecified atom stereocenters. The molecule has 0 aliphatic heterocycles. The summed E-state index contributed by atoms with van der Waals surface area (Å²) in [6, 6.07) is 0. The molecule has 2 rings (SSSR count). The Morgan fingerprint density at radius 1 is 1.44 bits per heavy atom. The van der Waals surface area contributed by atoms with Crippen LogP contribution in [-0.4, -0.2) is 27.5 Å². The topological polar surface area (TPSA) is 79.3 Å². The highest BCUT2D eigenvalue weighted by Gasteiger charge is 2.51. The molecule has 5 nitrogen and oxygen atoms in total. The van der Waals surface area contributed by atoms with Gasteiger partial charge in [0, 0.05) is 0 Å². The monoisotopic (exact) mass is 240 g/mol. The Bertz CT molecular complexity index is 463. The molecule has 0 radical (unpaired) electrons. The number of aliphatic carboxylic acids is 1. The van der Waals surface area contributed by atoms with Crippen molar-refractivity contribution >= 4 is 23.2 Å². The number of aryl methyl sites for hydroxylation is 2. The molecule has 16 heavy (non-hydrogen) atoms. The van der Waals surface area contributed by atoms with Crippen molar-refractivity contribution in [3.63, 3.8) is 0 Å². The summed E-state index contributed by atoms with van der Waals surface area (Å²) in [4.78, 5) is 27.4. The minimum absolute atomic E-state index is 0.331. The molecular formula is C10H12N2O3S. The van der Waals surface area contributed by atoms with Crippen LogP contribution in [0.1, 0.15) is 33.2 Å². The number of amides is 1. The molecule has 1 aromatic rings. The van der Waals surface area contributed by atoms with Crippen LogP contribution in [-0.2, 0) is 4.79 Å². The van der Waals surface area contributed by atoms with E-state index in [1.165, 1.54) is 11.3 Å². The third-order valence-corrected chi connectivity index (χ3v) is 3.69. The first-order chi connectivity index (χ1) is 7.44. The minimum Gasteiger partial charge on any atom is -0.480 e. The van der Waals surface area contributed by atoms with Gasteiger partial charge in [0.1, 0.15) is 10.4 Å². The van der Waals surface area contributed by atoms with Crippen molar-refractivity contribution in [1.29, 1.82) is 0 Å². The second-order valence-corrected chi connectivity index (χ2v) is 5.19. The van der Waals surface area contributed by atoms with Crippen LogP contribution >= 0.6 is 11.3 Å². The van der Waals surface area contributed by atoms with Gasteiger partial charge in [-0.05, 0) is 26.7 Å². The van der Waals surface area contributed by atoms with Gasteiger partial charge in [-0.2, -0.15) is 0 Å². The summed E-state index contributed by atoms with van der Waals surface area (Å²) in [6.45, 7) is 3.57. The fourth-order valence-electron chi connectivity index (χ4n) is 1.53. The summed E-state index contributed by atoms with van der Waals surface area (Å²) in [7, 11) is 0. The SMILES string of the molecule is Cc1nc(C)c(C(=O)NC2(C(=O)O)CC2)s1. The zero-order valence-electron chi connectivity index (χ0n) is 9.03. The van der Waals surface area contributed by atoms with Gasteiger partial charge in [0.05, 0.1) is 10.7 Å². The Labute approximate surface area is 96.5 Å². The van der Waals surface area contributed by atoms with Crippen molar-refractivity contribution in [2.75, 3.05) is 0 Å². The highest BCUT2D eigenvalue weighted by atomic mass is 32.1. The average molecular weight is 240 g/mol. The summed E-state index contributed by atoms with van der Waals surface area (Å²) >= 11 is 1.29. The highest BCUT2D eigenvalue weighted by Crippen LogP contribution is 2.36. The van der Waals surface area contributed by atoms with E-state index >= 15 is 0 Å². The standard InChI is InChI=1S/C10H12N2O3S/c1-5-7(16-6(2)11-5)8(13)12-10(3-4-10)9(14)15/h3-4H2,1-2H3,(H,12,13)(H,14,15). The molecule has 6 heteroatoms. The molecule has 0 bridgehead atoms. The van der Waals surface area contributed by atoms with Crippen molar-refractivity contribution in [2.24, 2.45) is 0 Å². The lowest BCUT2D eigenvalue weighted by Gasteiger charge is -2.11. The Hall–Kier alpha value is -1.43. The predicted molar refractivity (Wildman–Crippen MR) is 58.7 cm³/mol. The van der Waals surface area contributed by atoms with E-state index in [1.807, 2.05) is 6.92 Å². The zero-order chi connectivity index (χ0) is 11.9. The van der Waals surface area contributed by atoms with Crippen LogP contribution in [0.4, 0.5) is 0 Å². The highest BCUT2D eigenvalue weighted by molar-refractivity contribution is 7.13. The van der Waals surface area contributed by atoms with E-state index in [1.54, 1.807) is 6.92 Å². The molecular weight excluding hydrogens is 228 g/mol. The lowest BCUT2D eigenvalue weighted by molar-refractivity contribution is -0.140. The normalized spacial score (nSPS) is 16.9. The van der Waals surface area contributed by atoms with Gasteiger partial charge in [0.2, 0.25) is 0 Å². The number of rotatable bonds is 3. The first-order valence-corrected chi connectivity index (χ1v) is 5.76. The number of carboxylic acid groups (broad SMARTS) is 1. The van der Waals surface area contributed by atoms with Gasteiger partial charge in [-0.25, -0.2) is 9.78 Å². The molecule has 1 aromatic heterocycles. The average Bonchev–Trinajstić information content (AvgIpc) is 2.87. The summed E-state index contributed by atoms with van der Waals surface area (Å²) < 4.78 is 0. The number of thiazole rings is 1. The number of carbonyl (C=O) groups is 2. The Morgan fingerprint density at radius 2 is 2.06 bits per heavy atom. The number of carboxylic acids is 1. The van der Waals surface area contributed by atoms with Gasteiger partial charge in [-0.1, -0.05) is 0 Å². The smallest absolute Gasteiger partial charge is 0.329 e. The van der Waals surface area contributed by atoms with Gasteiger partial charge in [-0.3, -0.25) is 4.79 Å². The van der Waals surface area contributed by atoms with Crippen LogP contribution in [0.15, 0.2) is 0 Å². The summed E-state index contributed by atoms with van der Waals surface area (Å²) in [5.41, 5.74) is -0.372. The lowest BCUT2D eigenvalue weighted by Crippen LogP contribution is -2.42. The number of nitrogens with one attached hydrogen (secondary N) is 1. The maximum absolute atomic E-state index is 11.8. The lowest BCUT2D eigenvalue weighted by atomic mass is 10.2. The molecule has 0 atom stereocenters. The number of aromatic nitrogens is 1. The minimum atomic E-state index is -1.03. The van der Waals surface area contributed by atoms with Crippen molar-refractivity contribution in [2.45, 2.75) is 32.2 Å². The van der Waals surface area contributed by atoms with E-state index in [9.17, 15) is 9.59 Å². The van der Waals surface area contributed by atoms with Crippen molar-refractivity contribution in [1.82, 2.24) is 10.3 Å². The van der Waals surface area contributed by atoms with E-state index in [-0.39, 0.29) is 5.91 Å². The van der Waals surface area contributed by atoms with Crippen LogP contribution in [0.2, 0.25) is 0 Å². The van der Waals surface area contributed by atoms with Crippen LogP contribution < -0.4 is 5.32 Å².